The lowest BCUT2D eigenvalue weighted by molar-refractivity contribution is 0.0600. The molecule has 1 aromatic carbocycles. The first-order valence-corrected chi connectivity index (χ1v) is 15.8. The molecule has 2 N–H and O–H groups in total. The van der Waals surface area contributed by atoms with E-state index < -0.39 is 20.1 Å². The van der Waals surface area contributed by atoms with Crippen LogP contribution in [0.2, 0.25) is 19.6 Å². The van der Waals surface area contributed by atoms with E-state index in [-0.39, 0.29) is 5.95 Å². The molecule has 3 rings (SSSR count). The topological polar surface area (TPSA) is 129 Å². The van der Waals surface area contributed by atoms with Crippen LogP contribution in [-0.2, 0) is 16.0 Å². The molecule has 0 fully saturated rings. The molecule has 0 aliphatic carbocycles. The SMILES string of the molecule is CCCCNc1nc(NC(=O)OC)nc2c(C#C[Si](C)(C)C)nn(Cc3ccc(C(=O)OC)cc3OC)c12. The third kappa shape index (κ3) is 7.01. The van der Waals surface area contributed by atoms with Gasteiger partial charge >= 0.3 is 12.1 Å². The summed E-state index contributed by atoms with van der Waals surface area (Å²) >= 11 is 0. The number of methoxy groups -OCH3 is 3. The first-order valence-electron chi connectivity index (χ1n) is 12.3. The Morgan fingerprint density at radius 2 is 1.87 bits per heavy atom. The van der Waals surface area contributed by atoms with Crippen LogP contribution in [0.15, 0.2) is 18.2 Å². The van der Waals surface area contributed by atoms with Crippen molar-refractivity contribution >= 4 is 42.9 Å². The number of anilines is 2. The minimum Gasteiger partial charge on any atom is -0.496 e. The number of carbonyl (C=O) groups is 2. The molecule has 3 aromatic rings. The molecule has 12 heteroatoms. The normalized spacial score (nSPS) is 10.9. The van der Waals surface area contributed by atoms with Crippen LogP contribution < -0.4 is 15.4 Å². The zero-order valence-electron chi connectivity index (χ0n) is 22.9. The first-order chi connectivity index (χ1) is 18.1. The molecule has 2 aromatic heterocycles. The molecule has 0 aliphatic rings. The second kappa shape index (κ2) is 12.4. The van der Waals surface area contributed by atoms with Crippen molar-refractivity contribution in [1.82, 2.24) is 19.7 Å². The van der Waals surface area contributed by atoms with Crippen molar-refractivity contribution in [2.45, 2.75) is 46.0 Å². The standard InChI is InChI=1S/C26H34N6O5Si/c1-8-9-13-27-23-22-21(28-25(29-23)30-26(34)37-4)19(12-14-38(5,6)7)31-32(22)16-18-11-10-17(24(33)36-3)15-20(18)35-2/h10-11,15H,8-9,13,16H2,1-7H3,(H2,27,28,29,30,34). The van der Waals surface area contributed by atoms with Crippen molar-refractivity contribution in [2.24, 2.45) is 0 Å². The first kappa shape index (κ1) is 28.5. The second-order valence-corrected chi connectivity index (χ2v) is 14.3. The van der Waals surface area contributed by atoms with Crippen LogP contribution in [0.25, 0.3) is 11.0 Å². The van der Waals surface area contributed by atoms with Crippen molar-refractivity contribution in [3.63, 3.8) is 0 Å². The lowest BCUT2D eigenvalue weighted by atomic mass is 10.1. The smallest absolute Gasteiger partial charge is 0.413 e. The minimum absolute atomic E-state index is 0.0824. The van der Waals surface area contributed by atoms with Gasteiger partial charge in [-0.15, -0.1) is 5.54 Å². The highest BCUT2D eigenvalue weighted by atomic mass is 28.3. The predicted octanol–water partition coefficient (Wildman–Crippen LogP) is 4.29. The molecule has 1 amide bonds. The van der Waals surface area contributed by atoms with Crippen LogP contribution >= 0.6 is 0 Å². The van der Waals surface area contributed by atoms with E-state index in [1.807, 2.05) is 0 Å². The van der Waals surface area contributed by atoms with Crippen molar-refractivity contribution in [3.05, 3.63) is 35.0 Å². The van der Waals surface area contributed by atoms with Gasteiger partial charge in [-0.1, -0.05) is 39.1 Å². The Labute approximate surface area is 223 Å². The molecule has 0 saturated heterocycles. The average molecular weight is 539 g/mol. The van der Waals surface area contributed by atoms with Crippen LogP contribution in [0.1, 0.15) is 41.4 Å². The number of amides is 1. The number of aromatic nitrogens is 4. The molecule has 0 spiro atoms. The fourth-order valence-corrected chi connectivity index (χ4v) is 4.01. The molecule has 0 saturated carbocycles. The van der Waals surface area contributed by atoms with Crippen LogP contribution in [-0.4, -0.2) is 67.8 Å². The van der Waals surface area contributed by atoms with Gasteiger partial charge in [0.15, 0.2) is 11.5 Å². The zero-order valence-corrected chi connectivity index (χ0v) is 23.9. The molecule has 2 heterocycles. The van der Waals surface area contributed by atoms with Crippen LogP contribution in [0, 0.1) is 11.5 Å². The van der Waals surface area contributed by atoms with Gasteiger partial charge in [0.05, 0.1) is 33.4 Å². The Hall–Kier alpha value is -4.11. The highest BCUT2D eigenvalue weighted by molar-refractivity contribution is 6.83. The Bertz CT molecular complexity index is 1390. The van der Waals surface area contributed by atoms with E-state index in [0.29, 0.717) is 46.9 Å². The van der Waals surface area contributed by atoms with E-state index in [1.54, 1.807) is 22.9 Å². The third-order valence-electron chi connectivity index (χ3n) is 5.39. The molecule has 11 nitrogen and oxygen atoms in total. The quantitative estimate of drug-likeness (QED) is 0.177. The average Bonchev–Trinajstić information content (AvgIpc) is 3.24. The number of carbonyl (C=O) groups excluding carboxylic acids is 2. The number of hydrogen-bond donors (Lipinski definition) is 2. The van der Waals surface area contributed by atoms with Crippen molar-refractivity contribution in [3.8, 4) is 17.2 Å². The number of fused-ring (bicyclic) bond motifs is 1. The maximum Gasteiger partial charge on any atom is 0.413 e. The summed E-state index contributed by atoms with van der Waals surface area (Å²) in [5, 5.41) is 10.7. The van der Waals surface area contributed by atoms with Gasteiger partial charge in [0.1, 0.15) is 24.9 Å². The third-order valence-corrected chi connectivity index (χ3v) is 6.27. The van der Waals surface area contributed by atoms with Crippen LogP contribution in [0.3, 0.4) is 0 Å². The highest BCUT2D eigenvalue weighted by Crippen LogP contribution is 2.28. The van der Waals surface area contributed by atoms with E-state index >= 15 is 0 Å². The lowest BCUT2D eigenvalue weighted by Gasteiger charge is -2.13. The van der Waals surface area contributed by atoms with Crippen LogP contribution in [0.4, 0.5) is 16.6 Å². The summed E-state index contributed by atoms with van der Waals surface area (Å²) in [7, 11) is 2.41. The van der Waals surface area contributed by atoms with Gasteiger partial charge in [0.25, 0.3) is 0 Å². The largest absolute Gasteiger partial charge is 0.496 e. The highest BCUT2D eigenvalue weighted by Gasteiger charge is 2.21. The number of unbranched alkanes of at least 4 members (excludes halogenated alkanes) is 1. The molecule has 0 bridgehead atoms. The molecule has 0 radical (unpaired) electrons. The van der Waals surface area contributed by atoms with Gasteiger partial charge in [0, 0.05) is 12.1 Å². The van der Waals surface area contributed by atoms with Crippen LogP contribution in [0.5, 0.6) is 5.75 Å². The van der Waals surface area contributed by atoms with Crippen molar-refractivity contribution in [2.75, 3.05) is 38.5 Å². The molecule has 0 atom stereocenters. The molecule has 0 aliphatic heterocycles. The number of esters is 1. The summed E-state index contributed by atoms with van der Waals surface area (Å²) in [6.07, 6.45) is 1.23. The maximum atomic E-state index is 12.0. The van der Waals surface area contributed by atoms with E-state index in [9.17, 15) is 9.59 Å². The van der Waals surface area contributed by atoms with Crippen molar-refractivity contribution in [1.29, 1.82) is 0 Å². The molecular formula is C26H34N6O5Si. The van der Waals surface area contributed by atoms with Gasteiger partial charge in [-0.25, -0.2) is 14.6 Å². The minimum atomic E-state index is -1.74. The Morgan fingerprint density at radius 3 is 2.50 bits per heavy atom. The monoisotopic (exact) mass is 538 g/mol. The van der Waals surface area contributed by atoms with E-state index in [1.165, 1.54) is 21.3 Å². The fraction of sp³-hybridized carbons (Fsp3) is 0.423. The van der Waals surface area contributed by atoms with E-state index in [4.69, 9.17) is 19.3 Å². The fourth-order valence-electron chi connectivity index (χ4n) is 3.51. The zero-order chi connectivity index (χ0) is 27.9. The number of nitrogens with one attached hydrogen (secondary N) is 2. The lowest BCUT2D eigenvalue weighted by Crippen LogP contribution is -2.16. The number of benzene rings is 1. The number of ether oxygens (including phenoxy) is 3. The Balaban J connectivity index is 2.21. The summed E-state index contributed by atoms with van der Waals surface area (Å²) in [4.78, 5) is 33.1. The molecule has 0 unspecified atom stereocenters. The Morgan fingerprint density at radius 1 is 1.11 bits per heavy atom. The number of rotatable bonds is 9. The van der Waals surface area contributed by atoms with E-state index in [2.05, 4.69) is 58.6 Å². The second-order valence-electron chi connectivity index (χ2n) is 9.51. The van der Waals surface area contributed by atoms with E-state index in [0.717, 1.165) is 18.4 Å². The maximum absolute atomic E-state index is 12.0. The van der Waals surface area contributed by atoms with Gasteiger partial charge < -0.3 is 19.5 Å². The molecule has 38 heavy (non-hydrogen) atoms. The predicted molar refractivity (Wildman–Crippen MR) is 148 cm³/mol. The number of nitrogens with zero attached hydrogens (tertiary/aromatic N) is 4. The summed E-state index contributed by atoms with van der Waals surface area (Å²) in [6, 6.07) is 5.11. The van der Waals surface area contributed by atoms with Gasteiger partial charge in [-0.3, -0.25) is 10.00 Å². The summed E-state index contributed by atoms with van der Waals surface area (Å²) in [5.41, 5.74) is 6.11. The van der Waals surface area contributed by atoms with Crippen molar-refractivity contribution < 1.29 is 23.8 Å². The van der Waals surface area contributed by atoms with Gasteiger partial charge in [0.2, 0.25) is 5.95 Å². The molecule has 202 valence electrons. The molecular weight excluding hydrogens is 504 g/mol. The number of hydrogen-bond acceptors (Lipinski definition) is 9. The summed E-state index contributed by atoms with van der Waals surface area (Å²) in [6.45, 7) is 9.49. The Kier molecular flexibility index (Phi) is 9.30. The van der Waals surface area contributed by atoms with Gasteiger partial charge in [-0.05, 0) is 24.5 Å². The summed E-state index contributed by atoms with van der Waals surface area (Å²) < 4.78 is 16.9. The summed E-state index contributed by atoms with van der Waals surface area (Å²) in [5.74, 6) is 3.86. The van der Waals surface area contributed by atoms with Gasteiger partial charge in [-0.2, -0.15) is 10.1 Å².